The number of terminal acetylenes is 1. The molecule has 0 aliphatic rings. The zero-order valence-corrected chi connectivity index (χ0v) is 7.14. The molecule has 0 heterocycles. The number of hydrogen-bond donors (Lipinski definition) is 1. The minimum Gasteiger partial charge on any atom is -0.376 e. The van der Waals surface area contributed by atoms with Crippen molar-refractivity contribution in [1.29, 1.82) is 0 Å². The van der Waals surface area contributed by atoms with Crippen molar-refractivity contribution in [2.24, 2.45) is 0 Å². The zero-order chi connectivity index (χ0) is 8.69. The van der Waals surface area contributed by atoms with Crippen molar-refractivity contribution in [2.75, 3.05) is 0 Å². The van der Waals surface area contributed by atoms with Crippen LogP contribution >= 0.6 is 0 Å². The van der Waals surface area contributed by atoms with Crippen LogP contribution in [-0.2, 0) is 0 Å². The normalized spacial score (nSPS) is 12.1. The molecule has 0 fully saturated rings. The standard InChI is InChI=1S/C10H16O/c1-4-6-7-8-9(3)10(11)5-2/h2,10-11H,3-4,6-8H2,1H3. The number of hydrogen-bond acceptors (Lipinski definition) is 1. The van der Waals surface area contributed by atoms with Crippen molar-refractivity contribution in [3.63, 3.8) is 0 Å². The molecule has 0 bridgehead atoms. The summed E-state index contributed by atoms with van der Waals surface area (Å²) in [6, 6.07) is 0. The smallest absolute Gasteiger partial charge is 0.135 e. The Balaban J connectivity index is 3.46. The van der Waals surface area contributed by atoms with Crippen LogP contribution in [-0.4, -0.2) is 11.2 Å². The van der Waals surface area contributed by atoms with Crippen molar-refractivity contribution in [1.82, 2.24) is 0 Å². The highest BCUT2D eigenvalue weighted by Gasteiger charge is 2.02. The molecule has 0 aliphatic heterocycles. The van der Waals surface area contributed by atoms with Crippen LogP contribution in [0.4, 0.5) is 0 Å². The number of aliphatic hydroxyl groups excluding tert-OH is 1. The van der Waals surface area contributed by atoms with Crippen LogP contribution in [0.25, 0.3) is 0 Å². The number of aliphatic hydroxyl groups is 1. The molecule has 0 radical (unpaired) electrons. The van der Waals surface area contributed by atoms with Gasteiger partial charge in [0.2, 0.25) is 0 Å². The summed E-state index contributed by atoms with van der Waals surface area (Å²) in [6.45, 7) is 5.84. The van der Waals surface area contributed by atoms with E-state index in [1.807, 2.05) is 0 Å². The van der Waals surface area contributed by atoms with Crippen molar-refractivity contribution >= 4 is 0 Å². The molecule has 1 nitrogen and oxygen atoms in total. The average Bonchev–Trinajstić information content (AvgIpc) is 2.03. The topological polar surface area (TPSA) is 20.2 Å². The van der Waals surface area contributed by atoms with E-state index in [4.69, 9.17) is 11.5 Å². The van der Waals surface area contributed by atoms with Crippen LogP contribution in [0.3, 0.4) is 0 Å². The van der Waals surface area contributed by atoms with Gasteiger partial charge in [-0.05, 0) is 18.4 Å². The lowest BCUT2D eigenvalue weighted by molar-refractivity contribution is 0.263. The van der Waals surface area contributed by atoms with Gasteiger partial charge < -0.3 is 5.11 Å². The van der Waals surface area contributed by atoms with Crippen molar-refractivity contribution < 1.29 is 5.11 Å². The van der Waals surface area contributed by atoms with Gasteiger partial charge >= 0.3 is 0 Å². The molecule has 0 aromatic heterocycles. The average molecular weight is 152 g/mol. The Morgan fingerprint density at radius 2 is 2.27 bits per heavy atom. The largest absolute Gasteiger partial charge is 0.376 e. The Labute approximate surface area is 69.1 Å². The van der Waals surface area contributed by atoms with Crippen molar-refractivity contribution in [2.45, 2.75) is 38.7 Å². The lowest BCUT2D eigenvalue weighted by atomic mass is 10.0. The molecular formula is C10H16O. The fourth-order valence-electron chi connectivity index (χ4n) is 0.857. The van der Waals surface area contributed by atoms with Gasteiger partial charge in [-0.1, -0.05) is 32.3 Å². The molecule has 11 heavy (non-hydrogen) atoms. The summed E-state index contributed by atoms with van der Waals surface area (Å²) in [5.74, 6) is 2.25. The van der Waals surface area contributed by atoms with Crippen molar-refractivity contribution in [3.05, 3.63) is 12.2 Å². The summed E-state index contributed by atoms with van der Waals surface area (Å²) in [5, 5.41) is 9.09. The summed E-state index contributed by atoms with van der Waals surface area (Å²) in [4.78, 5) is 0. The van der Waals surface area contributed by atoms with Crippen LogP contribution in [0.1, 0.15) is 32.6 Å². The van der Waals surface area contributed by atoms with Gasteiger partial charge in [-0.15, -0.1) is 6.42 Å². The van der Waals surface area contributed by atoms with Gasteiger partial charge in [0.05, 0.1) is 0 Å². The molecule has 0 aromatic carbocycles. The Bertz CT molecular complexity index is 153. The molecule has 0 aromatic rings. The number of unbranched alkanes of at least 4 members (excludes halogenated alkanes) is 2. The molecule has 0 saturated carbocycles. The maximum Gasteiger partial charge on any atom is 0.135 e. The van der Waals surface area contributed by atoms with Crippen LogP contribution < -0.4 is 0 Å². The van der Waals surface area contributed by atoms with Gasteiger partial charge in [-0.3, -0.25) is 0 Å². The van der Waals surface area contributed by atoms with E-state index < -0.39 is 6.10 Å². The minimum absolute atomic E-state index is 0.744. The molecule has 0 amide bonds. The van der Waals surface area contributed by atoms with E-state index in [2.05, 4.69) is 19.4 Å². The van der Waals surface area contributed by atoms with Gasteiger partial charge in [0.15, 0.2) is 0 Å². The fourth-order valence-corrected chi connectivity index (χ4v) is 0.857. The Kier molecular flexibility index (Phi) is 5.60. The van der Waals surface area contributed by atoms with Gasteiger partial charge in [0.1, 0.15) is 6.10 Å². The van der Waals surface area contributed by atoms with E-state index in [0.717, 1.165) is 18.4 Å². The van der Waals surface area contributed by atoms with Gasteiger partial charge in [0, 0.05) is 0 Å². The van der Waals surface area contributed by atoms with E-state index >= 15 is 0 Å². The maximum absolute atomic E-state index is 9.09. The Morgan fingerprint density at radius 3 is 2.73 bits per heavy atom. The Hall–Kier alpha value is -0.740. The van der Waals surface area contributed by atoms with Gasteiger partial charge in [-0.25, -0.2) is 0 Å². The van der Waals surface area contributed by atoms with E-state index in [1.54, 1.807) is 0 Å². The van der Waals surface area contributed by atoms with Crippen LogP contribution in [0.2, 0.25) is 0 Å². The summed E-state index contributed by atoms with van der Waals surface area (Å²) < 4.78 is 0. The molecule has 0 spiro atoms. The molecule has 1 N–H and O–H groups in total. The molecule has 0 aliphatic carbocycles. The molecule has 0 rings (SSSR count). The van der Waals surface area contributed by atoms with E-state index in [9.17, 15) is 0 Å². The highest BCUT2D eigenvalue weighted by Crippen LogP contribution is 2.09. The van der Waals surface area contributed by atoms with E-state index in [0.29, 0.717) is 0 Å². The number of rotatable bonds is 5. The first-order chi connectivity index (χ1) is 5.22. The quantitative estimate of drug-likeness (QED) is 0.363. The van der Waals surface area contributed by atoms with Crippen LogP contribution in [0, 0.1) is 12.3 Å². The van der Waals surface area contributed by atoms with Gasteiger partial charge in [0.25, 0.3) is 0 Å². The zero-order valence-electron chi connectivity index (χ0n) is 7.14. The molecule has 1 heteroatoms. The third kappa shape index (κ3) is 4.64. The fraction of sp³-hybridized carbons (Fsp3) is 0.600. The predicted octanol–water partition coefficient (Wildman–Crippen LogP) is 2.12. The molecule has 0 saturated heterocycles. The minimum atomic E-state index is -0.744. The first-order valence-corrected chi connectivity index (χ1v) is 4.04. The first kappa shape index (κ1) is 10.3. The van der Waals surface area contributed by atoms with E-state index in [-0.39, 0.29) is 0 Å². The monoisotopic (exact) mass is 152 g/mol. The SMILES string of the molecule is C#CC(O)C(=C)CCCCC. The molecule has 1 atom stereocenters. The highest BCUT2D eigenvalue weighted by atomic mass is 16.3. The summed E-state index contributed by atoms with van der Waals surface area (Å²) in [5.41, 5.74) is 0.765. The van der Waals surface area contributed by atoms with Crippen LogP contribution in [0.5, 0.6) is 0 Å². The first-order valence-electron chi connectivity index (χ1n) is 4.04. The maximum atomic E-state index is 9.09. The lowest BCUT2D eigenvalue weighted by Crippen LogP contribution is -2.05. The third-order valence-corrected chi connectivity index (χ3v) is 1.65. The summed E-state index contributed by atoms with van der Waals surface area (Å²) in [7, 11) is 0. The predicted molar refractivity (Wildman–Crippen MR) is 48.1 cm³/mol. The lowest BCUT2D eigenvalue weighted by Gasteiger charge is -2.06. The molecule has 1 unspecified atom stereocenters. The highest BCUT2D eigenvalue weighted by molar-refractivity contribution is 5.14. The van der Waals surface area contributed by atoms with E-state index in [1.165, 1.54) is 12.8 Å². The van der Waals surface area contributed by atoms with Crippen molar-refractivity contribution in [3.8, 4) is 12.3 Å². The second-order valence-electron chi connectivity index (χ2n) is 2.68. The summed E-state index contributed by atoms with van der Waals surface area (Å²) >= 11 is 0. The van der Waals surface area contributed by atoms with Gasteiger partial charge in [-0.2, -0.15) is 0 Å². The van der Waals surface area contributed by atoms with Crippen LogP contribution in [0.15, 0.2) is 12.2 Å². The molecular weight excluding hydrogens is 136 g/mol. The third-order valence-electron chi connectivity index (χ3n) is 1.65. The molecule has 62 valence electrons. The second-order valence-corrected chi connectivity index (χ2v) is 2.68. The Morgan fingerprint density at radius 1 is 1.64 bits per heavy atom. The summed E-state index contributed by atoms with van der Waals surface area (Å²) in [6.07, 6.45) is 8.55. The second kappa shape index (κ2) is 6.00.